The quantitative estimate of drug-likeness (QED) is 0.695. The normalized spacial score (nSPS) is 26.8. The Bertz CT molecular complexity index is 328. The van der Waals surface area contributed by atoms with Crippen molar-refractivity contribution in [3.63, 3.8) is 0 Å². The van der Waals surface area contributed by atoms with E-state index in [9.17, 15) is 9.59 Å². The van der Waals surface area contributed by atoms with E-state index in [0.29, 0.717) is 0 Å². The van der Waals surface area contributed by atoms with Gasteiger partial charge < -0.3 is 14.4 Å². The van der Waals surface area contributed by atoms with Gasteiger partial charge in [0, 0.05) is 18.0 Å². The molecule has 0 aromatic heterocycles. The Labute approximate surface area is 102 Å². The van der Waals surface area contributed by atoms with E-state index >= 15 is 0 Å². The second-order valence-electron chi connectivity index (χ2n) is 6.18. The molecule has 1 amide bonds. The van der Waals surface area contributed by atoms with Gasteiger partial charge in [-0.1, -0.05) is 0 Å². The molecule has 1 saturated heterocycles. The Morgan fingerprint density at radius 2 is 2.06 bits per heavy atom. The van der Waals surface area contributed by atoms with Crippen LogP contribution in [0.5, 0.6) is 0 Å². The van der Waals surface area contributed by atoms with Crippen molar-refractivity contribution in [2.45, 2.75) is 58.1 Å². The van der Waals surface area contributed by atoms with Gasteiger partial charge in [0.15, 0.2) is 0 Å². The molecule has 2 rings (SSSR count). The van der Waals surface area contributed by atoms with E-state index in [-0.39, 0.29) is 17.6 Å². The summed E-state index contributed by atoms with van der Waals surface area (Å²) in [7, 11) is 0. The van der Waals surface area contributed by atoms with Crippen molar-refractivity contribution in [2.24, 2.45) is 5.41 Å². The number of likely N-dealkylation sites (tertiary alicyclic amines) is 1. The summed E-state index contributed by atoms with van der Waals surface area (Å²) in [6.07, 6.45) is 4.51. The molecule has 1 atom stereocenters. The van der Waals surface area contributed by atoms with Gasteiger partial charge in [-0.2, -0.15) is 0 Å². The number of nitrogens with zero attached hydrogens (tertiary/aromatic N) is 1. The summed E-state index contributed by atoms with van der Waals surface area (Å²) in [4.78, 5) is 25.0. The third-order valence-electron chi connectivity index (χ3n) is 3.61. The highest BCUT2D eigenvalue weighted by Crippen LogP contribution is 2.51. The first-order chi connectivity index (χ1) is 7.88. The molecule has 1 aliphatic heterocycles. The average molecular weight is 239 g/mol. The number of hydrogen-bond donors (Lipinski definition) is 0. The van der Waals surface area contributed by atoms with Crippen LogP contribution in [0.1, 0.15) is 46.5 Å². The molecule has 0 N–H and O–H groups in total. The lowest BCUT2D eigenvalue weighted by Crippen LogP contribution is -2.44. The van der Waals surface area contributed by atoms with E-state index in [4.69, 9.17) is 4.74 Å². The number of carbonyl (C=O) groups excluding carboxylic acids is 2. The molecule has 96 valence electrons. The van der Waals surface area contributed by atoms with Crippen molar-refractivity contribution in [3.8, 4) is 0 Å². The summed E-state index contributed by atoms with van der Waals surface area (Å²) >= 11 is 0. The number of ether oxygens (including phenoxy) is 1. The maximum Gasteiger partial charge on any atom is 0.410 e. The molecule has 1 heterocycles. The zero-order valence-electron chi connectivity index (χ0n) is 10.9. The van der Waals surface area contributed by atoms with Crippen molar-refractivity contribution in [1.82, 2.24) is 4.90 Å². The van der Waals surface area contributed by atoms with Crippen LogP contribution in [0.3, 0.4) is 0 Å². The third-order valence-corrected chi connectivity index (χ3v) is 3.61. The molecule has 0 aromatic carbocycles. The molecular weight excluding hydrogens is 218 g/mol. The smallest absolute Gasteiger partial charge is 0.410 e. The third kappa shape index (κ3) is 2.45. The fourth-order valence-electron chi connectivity index (χ4n) is 2.58. The number of hydrogen-bond acceptors (Lipinski definition) is 3. The maximum atomic E-state index is 12.0. The van der Waals surface area contributed by atoms with E-state index in [2.05, 4.69) is 0 Å². The first-order valence-corrected chi connectivity index (χ1v) is 6.34. The summed E-state index contributed by atoms with van der Waals surface area (Å²) in [5, 5.41) is 0. The van der Waals surface area contributed by atoms with Crippen LogP contribution in [-0.4, -0.2) is 35.5 Å². The SMILES string of the molecule is CC(C)(C)OC(=O)N1CCCC1C1(C=O)CC1. The molecule has 1 saturated carbocycles. The second kappa shape index (κ2) is 4.00. The molecule has 1 unspecified atom stereocenters. The maximum absolute atomic E-state index is 12.0. The van der Waals surface area contributed by atoms with Gasteiger partial charge in [0.1, 0.15) is 11.9 Å². The lowest BCUT2D eigenvalue weighted by atomic mass is 9.96. The van der Waals surface area contributed by atoms with Crippen LogP contribution in [0, 0.1) is 5.41 Å². The largest absolute Gasteiger partial charge is 0.444 e. The molecule has 0 spiro atoms. The van der Waals surface area contributed by atoms with E-state index < -0.39 is 5.60 Å². The molecule has 0 aromatic rings. The van der Waals surface area contributed by atoms with E-state index in [1.807, 2.05) is 20.8 Å². The second-order valence-corrected chi connectivity index (χ2v) is 6.18. The Hall–Kier alpha value is -1.06. The minimum absolute atomic E-state index is 0.0647. The van der Waals surface area contributed by atoms with Crippen LogP contribution in [0.15, 0.2) is 0 Å². The molecule has 1 aliphatic carbocycles. The summed E-state index contributed by atoms with van der Waals surface area (Å²) in [5.41, 5.74) is -0.727. The summed E-state index contributed by atoms with van der Waals surface area (Å²) in [5.74, 6) is 0. The van der Waals surface area contributed by atoms with Gasteiger partial charge in [-0.3, -0.25) is 0 Å². The number of rotatable bonds is 2. The van der Waals surface area contributed by atoms with Gasteiger partial charge >= 0.3 is 6.09 Å². The van der Waals surface area contributed by atoms with Crippen LogP contribution < -0.4 is 0 Å². The molecular formula is C13H21NO3. The lowest BCUT2D eigenvalue weighted by molar-refractivity contribution is -0.114. The Kier molecular flexibility index (Phi) is 2.92. The number of aldehydes is 1. The standard InChI is InChI=1S/C13H21NO3/c1-12(2,3)17-11(16)14-8-4-5-10(14)13(9-15)6-7-13/h9-10H,4-8H2,1-3H3. The zero-order chi connectivity index (χ0) is 12.7. The number of amides is 1. The van der Waals surface area contributed by atoms with Gasteiger partial charge in [0.2, 0.25) is 0 Å². The highest BCUT2D eigenvalue weighted by atomic mass is 16.6. The van der Waals surface area contributed by atoms with Gasteiger partial charge in [0.05, 0.1) is 0 Å². The van der Waals surface area contributed by atoms with Gasteiger partial charge in [-0.15, -0.1) is 0 Å². The average Bonchev–Trinajstić information content (AvgIpc) is 2.85. The molecule has 4 nitrogen and oxygen atoms in total. The van der Waals surface area contributed by atoms with Gasteiger partial charge in [-0.05, 0) is 46.5 Å². The highest BCUT2D eigenvalue weighted by molar-refractivity contribution is 5.72. The van der Waals surface area contributed by atoms with Crippen LogP contribution in [0.2, 0.25) is 0 Å². The molecule has 2 aliphatic rings. The molecule has 17 heavy (non-hydrogen) atoms. The van der Waals surface area contributed by atoms with Crippen LogP contribution in [0.25, 0.3) is 0 Å². The Morgan fingerprint density at radius 1 is 1.41 bits per heavy atom. The minimum atomic E-state index is -0.470. The van der Waals surface area contributed by atoms with Crippen molar-refractivity contribution >= 4 is 12.4 Å². The minimum Gasteiger partial charge on any atom is -0.444 e. The monoisotopic (exact) mass is 239 g/mol. The van der Waals surface area contributed by atoms with E-state index in [1.165, 1.54) is 0 Å². The van der Waals surface area contributed by atoms with Crippen molar-refractivity contribution in [3.05, 3.63) is 0 Å². The molecule has 2 fully saturated rings. The van der Waals surface area contributed by atoms with Crippen molar-refractivity contribution in [2.75, 3.05) is 6.54 Å². The summed E-state index contributed by atoms with van der Waals surface area (Å²) < 4.78 is 5.39. The first-order valence-electron chi connectivity index (χ1n) is 6.34. The molecule has 0 radical (unpaired) electrons. The summed E-state index contributed by atoms with van der Waals surface area (Å²) in [6, 6.07) is 0.0647. The highest BCUT2D eigenvalue weighted by Gasteiger charge is 2.54. The van der Waals surface area contributed by atoms with E-state index in [1.54, 1.807) is 4.90 Å². The molecule has 0 bridgehead atoms. The fraction of sp³-hybridized carbons (Fsp3) is 0.846. The van der Waals surface area contributed by atoms with Crippen molar-refractivity contribution in [1.29, 1.82) is 0 Å². The lowest BCUT2D eigenvalue weighted by Gasteiger charge is -2.31. The van der Waals surface area contributed by atoms with Gasteiger partial charge in [-0.25, -0.2) is 4.79 Å². The zero-order valence-corrected chi connectivity index (χ0v) is 10.9. The Balaban J connectivity index is 2.05. The van der Waals surface area contributed by atoms with Crippen molar-refractivity contribution < 1.29 is 14.3 Å². The molecule has 4 heteroatoms. The topological polar surface area (TPSA) is 46.6 Å². The van der Waals surface area contributed by atoms with Gasteiger partial charge in [0.25, 0.3) is 0 Å². The van der Waals surface area contributed by atoms with E-state index in [0.717, 1.165) is 38.5 Å². The predicted octanol–water partition coefficient (Wildman–Crippen LogP) is 2.37. The first kappa shape index (κ1) is 12.4. The number of carbonyl (C=O) groups is 2. The fourth-order valence-corrected chi connectivity index (χ4v) is 2.58. The van der Waals surface area contributed by atoms with Crippen LogP contribution >= 0.6 is 0 Å². The summed E-state index contributed by atoms with van der Waals surface area (Å²) in [6.45, 7) is 6.31. The van der Waals surface area contributed by atoms with Crippen LogP contribution in [0.4, 0.5) is 4.79 Å². The van der Waals surface area contributed by atoms with Crippen LogP contribution in [-0.2, 0) is 9.53 Å². The predicted molar refractivity (Wildman–Crippen MR) is 63.7 cm³/mol. The Morgan fingerprint density at radius 3 is 2.53 bits per heavy atom.